The number of rotatable bonds is 8. The number of hydrogen-bond acceptors (Lipinski definition) is 3. The normalized spacial score (nSPS) is 23.5. The molecule has 0 radical (unpaired) electrons. The number of carbonyl (C=O) groups is 2. The summed E-state index contributed by atoms with van der Waals surface area (Å²) in [5.41, 5.74) is 0.316. The van der Waals surface area contributed by atoms with Gasteiger partial charge in [0.25, 0.3) is 0 Å². The van der Waals surface area contributed by atoms with Gasteiger partial charge in [0.1, 0.15) is 0 Å². The van der Waals surface area contributed by atoms with Crippen LogP contribution < -0.4 is 10.6 Å². The number of carboxylic acid groups (broad SMARTS) is 1. The van der Waals surface area contributed by atoms with Gasteiger partial charge in [-0.3, -0.25) is 9.59 Å². The van der Waals surface area contributed by atoms with E-state index in [1.165, 1.54) is 0 Å². The first kappa shape index (κ1) is 15.3. The lowest BCUT2D eigenvalue weighted by molar-refractivity contribution is -0.137. The van der Waals surface area contributed by atoms with Crippen molar-refractivity contribution in [3.8, 4) is 0 Å². The smallest absolute Gasteiger partial charge is 0.303 e. The van der Waals surface area contributed by atoms with Crippen LogP contribution in [-0.4, -0.2) is 36.6 Å². The van der Waals surface area contributed by atoms with Crippen molar-refractivity contribution in [3.63, 3.8) is 0 Å². The van der Waals surface area contributed by atoms with Crippen molar-refractivity contribution in [1.29, 1.82) is 0 Å². The third kappa shape index (κ3) is 4.20. The molecule has 1 atom stereocenters. The van der Waals surface area contributed by atoms with Crippen LogP contribution in [0.3, 0.4) is 0 Å². The van der Waals surface area contributed by atoms with Crippen molar-refractivity contribution in [2.45, 2.75) is 51.4 Å². The maximum absolute atomic E-state index is 12.0. The predicted octanol–water partition coefficient (Wildman–Crippen LogP) is 1.53. The lowest BCUT2D eigenvalue weighted by atomic mass is 9.92. The van der Waals surface area contributed by atoms with Crippen LogP contribution in [0.15, 0.2) is 0 Å². The van der Waals surface area contributed by atoms with Crippen molar-refractivity contribution in [3.05, 3.63) is 0 Å². The zero-order valence-electron chi connectivity index (χ0n) is 12.1. The maximum atomic E-state index is 12.0. The van der Waals surface area contributed by atoms with E-state index in [1.807, 2.05) is 0 Å². The van der Waals surface area contributed by atoms with Gasteiger partial charge in [-0.05, 0) is 50.6 Å². The first-order valence-electron chi connectivity index (χ1n) is 7.84. The molecule has 0 aromatic heterocycles. The second kappa shape index (κ2) is 7.07. The molecule has 2 aliphatic rings. The quantitative estimate of drug-likeness (QED) is 0.590. The summed E-state index contributed by atoms with van der Waals surface area (Å²) in [6.07, 6.45) is 7.22. The highest BCUT2D eigenvalue weighted by molar-refractivity contribution is 5.82. The Kier molecular flexibility index (Phi) is 5.40. The van der Waals surface area contributed by atoms with Gasteiger partial charge in [0.2, 0.25) is 5.91 Å². The van der Waals surface area contributed by atoms with Gasteiger partial charge in [-0.15, -0.1) is 0 Å². The minimum Gasteiger partial charge on any atom is -0.481 e. The second-order valence-electron chi connectivity index (χ2n) is 6.22. The first-order chi connectivity index (χ1) is 9.64. The van der Waals surface area contributed by atoms with Crippen LogP contribution in [0.4, 0.5) is 0 Å². The SMILES string of the molecule is O=C(O)CCCCCCNC(=O)C1CC12CCNCC2. The number of hydrogen-bond donors (Lipinski definition) is 3. The van der Waals surface area contributed by atoms with E-state index in [-0.39, 0.29) is 18.2 Å². The zero-order chi connectivity index (χ0) is 14.4. The Balaban J connectivity index is 1.50. The third-order valence-electron chi connectivity index (χ3n) is 4.72. The van der Waals surface area contributed by atoms with Crippen molar-refractivity contribution >= 4 is 11.9 Å². The summed E-state index contributed by atoms with van der Waals surface area (Å²) in [6.45, 7) is 2.83. The fourth-order valence-electron chi connectivity index (χ4n) is 3.29. The molecule has 0 aromatic rings. The largest absolute Gasteiger partial charge is 0.481 e. The minimum absolute atomic E-state index is 0.234. The van der Waals surface area contributed by atoms with Crippen LogP contribution in [0.5, 0.6) is 0 Å². The number of carboxylic acids is 1. The Morgan fingerprint density at radius 3 is 2.55 bits per heavy atom. The van der Waals surface area contributed by atoms with Gasteiger partial charge in [0.15, 0.2) is 0 Å². The fourth-order valence-corrected chi connectivity index (χ4v) is 3.29. The van der Waals surface area contributed by atoms with Crippen LogP contribution in [0.1, 0.15) is 51.4 Å². The molecular formula is C15H26N2O3. The molecule has 5 heteroatoms. The van der Waals surface area contributed by atoms with Crippen molar-refractivity contribution in [2.75, 3.05) is 19.6 Å². The molecule has 0 bridgehead atoms. The standard InChI is InChI=1S/C15H26N2O3/c18-13(19)5-3-1-2-4-8-17-14(20)12-11-15(12)6-9-16-10-7-15/h12,16H,1-11H2,(H,17,20)(H,18,19). The highest BCUT2D eigenvalue weighted by Gasteiger charge is 2.57. The molecule has 1 spiro atoms. The third-order valence-corrected chi connectivity index (χ3v) is 4.72. The molecule has 1 amide bonds. The predicted molar refractivity (Wildman–Crippen MR) is 76.4 cm³/mol. The highest BCUT2D eigenvalue weighted by atomic mass is 16.4. The summed E-state index contributed by atoms with van der Waals surface area (Å²) in [5, 5.41) is 14.9. The Bertz CT molecular complexity index is 351. The average Bonchev–Trinajstić information content (AvgIpc) is 3.11. The van der Waals surface area contributed by atoms with Gasteiger partial charge in [0, 0.05) is 18.9 Å². The van der Waals surface area contributed by atoms with E-state index in [1.54, 1.807) is 0 Å². The molecule has 2 rings (SSSR count). The van der Waals surface area contributed by atoms with Gasteiger partial charge >= 0.3 is 5.97 Å². The molecule has 1 heterocycles. The molecule has 1 saturated carbocycles. The van der Waals surface area contributed by atoms with Crippen LogP contribution >= 0.6 is 0 Å². The van der Waals surface area contributed by atoms with E-state index >= 15 is 0 Å². The van der Waals surface area contributed by atoms with Crippen molar-refractivity contribution in [2.24, 2.45) is 11.3 Å². The summed E-state index contributed by atoms with van der Waals surface area (Å²) in [7, 11) is 0. The van der Waals surface area contributed by atoms with Crippen LogP contribution in [-0.2, 0) is 9.59 Å². The number of amides is 1. The monoisotopic (exact) mass is 282 g/mol. The fraction of sp³-hybridized carbons (Fsp3) is 0.867. The van der Waals surface area contributed by atoms with E-state index < -0.39 is 5.97 Å². The van der Waals surface area contributed by atoms with Crippen molar-refractivity contribution < 1.29 is 14.7 Å². The van der Waals surface area contributed by atoms with Gasteiger partial charge in [-0.2, -0.15) is 0 Å². The van der Waals surface area contributed by atoms with Crippen molar-refractivity contribution in [1.82, 2.24) is 10.6 Å². The summed E-state index contributed by atoms with van der Waals surface area (Å²) in [6, 6.07) is 0. The van der Waals surface area contributed by atoms with E-state index in [0.29, 0.717) is 5.41 Å². The van der Waals surface area contributed by atoms with Gasteiger partial charge in [0.05, 0.1) is 0 Å². The Morgan fingerprint density at radius 2 is 1.85 bits per heavy atom. The maximum Gasteiger partial charge on any atom is 0.303 e. The molecule has 114 valence electrons. The van der Waals surface area contributed by atoms with Crippen LogP contribution in [0.25, 0.3) is 0 Å². The summed E-state index contributed by atoms with van der Waals surface area (Å²) in [4.78, 5) is 22.4. The van der Waals surface area contributed by atoms with E-state index in [2.05, 4.69) is 10.6 Å². The first-order valence-corrected chi connectivity index (χ1v) is 7.84. The molecule has 20 heavy (non-hydrogen) atoms. The Hall–Kier alpha value is -1.10. The van der Waals surface area contributed by atoms with Crippen LogP contribution in [0.2, 0.25) is 0 Å². The van der Waals surface area contributed by atoms with E-state index in [9.17, 15) is 9.59 Å². The molecule has 2 fully saturated rings. The molecule has 1 unspecified atom stereocenters. The number of carbonyl (C=O) groups excluding carboxylic acids is 1. The number of unbranched alkanes of at least 4 members (excludes halogenated alkanes) is 3. The molecule has 1 saturated heterocycles. The van der Waals surface area contributed by atoms with Gasteiger partial charge in [-0.25, -0.2) is 0 Å². The zero-order valence-corrected chi connectivity index (χ0v) is 12.1. The van der Waals surface area contributed by atoms with Crippen LogP contribution in [0, 0.1) is 11.3 Å². The summed E-state index contributed by atoms with van der Waals surface area (Å²) in [5.74, 6) is -0.242. The van der Waals surface area contributed by atoms with Gasteiger partial charge in [-0.1, -0.05) is 12.8 Å². The lowest BCUT2D eigenvalue weighted by Crippen LogP contribution is -2.34. The van der Waals surface area contributed by atoms with E-state index in [4.69, 9.17) is 5.11 Å². The molecule has 3 N–H and O–H groups in total. The topological polar surface area (TPSA) is 78.4 Å². The minimum atomic E-state index is -0.723. The Labute approximate surface area is 120 Å². The molecule has 5 nitrogen and oxygen atoms in total. The highest BCUT2D eigenvalue weighted by Crippen LogP contribution is 2.58. The number of piperidine rings is 1. The van der Waals surface area contributed by atoms with E-state index in [0.717, 1.165) is 64.6 Å². The average molecular weight is 282 g/mol. The molecule has 0 aromatic carbocycles. The molecular weight excluding hydrogens is 256 g/mol. The van der Waals surface area contributed by atoms with Gasteiger partial charge < -0.3 is 15.7 Å². The Morgan fingerprint density at radius 1 is 1.15 bits per heavy atom. The number of nitrogens with one attached hydrogen (secondary N) is 2. The molecule has 1 aliphatic carbocycles. The molecule has 1 aliphatic heterocycles. The summed E-state index contributed by atoms with van der Waals surface area (Å²) < 4.78 is 0. The summed E-state index contributed by atoms with van der Waals surface area (Å²) >= 11 is 0. The second-order valence-corrected chi connectivity index (χ2v) is 6.22. The number of aliphatic carboxylic acids is 1. The lowest BCUT2D eigenvalue weighted by Gasteiger charge is -2.23.